The SMILES string of the molecule is C[C@H](CC(=O)O)Oc1ccccc1-c1ccc(C(=O)N2CCC(n3c(=O)n(C)c4ncc(Cl)cc43)CC2)c(F)c1. The van der Waals surface area contributed by atoms with Gasteiger partial charge in [-0.2, -0.15) is 0 Å². The number of carboxylic acid groups (broad SMARTS) is 1. The summed E-state index contributed by atoms with van der Waals surface area (Å²) in [7, 11) is 1.66. The molecule has 1 atom stereocenters. The van der Waals surface area contributed by atoms with E-state index >= 15 is 4.39 Å². The van der Waals surface area contributed by atoms with Crippen molar-refractivity contribution in [3.8, 4) is 16.9 Å². The van der Waals surface area contributed by atoms with Gasteiger partial charge < -0.3 is 14.7 Å². The van der Waals surface area contributed by atoms with Gasteiger partial charge in [-0.25, -0.2) is 14.2 Å². The van der Waals surface area contributed by atoms with Crippen molar-refractivity contribution in [1.82, 2.24) is 19.0 Å². The third-order valence-corrected chi connectivity index (χ3v) is 7.40. The van der Waals surface area contributed by atoms with Crippen LogP contribution in [0.4, 0.5) is 4.39 Å². The van der Waals surface area contributed by atoms with E-state index in [2.05, 4.69) is 4.98 Å². The molecule has 208 valence electrons. The van der Waals surface area contributed by atoms with E-state index in [-0.39, 0.29) is 23.7 Å². The molecule has 0 unspecified atom stereocenters. The van der Waals surface area contributed by atoms with Gasteiger partial charge in [-0.15, -0.1) is 0 Å². The topological polar surface area (TPSA) is 107 Å². The lowest BCUT2D eigenvalue weighted by Gasteiger charge is -2.32. The Hall–Kier alpha value is -4.18. The number of ether oxygens (including phenoxy) is 1. The average molecular weight is 567 g/mol. The van der Waals surface area contributed by atoms with Gasteiger partial charge >= 0.3 is 11.7 Å². The van der Waals surface area contributed by atoms with Gasteiger partial charge in [0.15, 0.2) is 5.65 Å². The number of carbonyl (C=O) groups excluding carboxylic acids is 1. The Morgan fingerprint density at radius 3 is 2.60 bits per heavy atom. The number of pyridine rings is 1. The molecule has 40 heavy (non-hydrogen) atoms. The number of benzene rings is 2. The highest BCUT2D eigenvalue weighted by Gasteiger charge is 2.29. The Morgan fingerprint density at radius 2 is 1.90 bits per heavy atom. The van der Waals surface area contributed by atoms with Crippen molar-refractivity contribution < 1.29 is 23.8 Å². The van der Waals surface area contributed by atoms with Gasteiger partial charge in [0.25, 0.3) is 5.91 Å². The zero-order valence-electron chi connectivity index (χ0n) is 22.0. The standard InChI is InChI=1S/C29H28ClFN4O5/c1-17(13-26(36)37)40-25-6-4-3-5-21(25)18-7-8-22(23(31)14-18)28(38)34-11-9-20(10-12-34)35-24-15-19(30)16-32-27(24)33(2)29(35)39/h3-8,14-17,20H,9-13H2,1-2H3,(H,36,37)/t17-/m1/s1. The third kappa shape index (κ3) is 5.31. The number of halogens is 2. The second kappa shape index (κ2) is 11.1. The van der Waals surface area contributed by atoms with E-state index in [1.807, 2.05) is 0 Å². The van der Waals surface area contributed by atoms with Crippen molar-refractivity contribution in [3.63, 3.8) is 0 Å². The number of carbonyl (C=O) groups is 2. The molecule has 1 N–H and O–H groups in total. The normalized spacial score (nSPS) is 14.8. The molecule has 0 spiro atoms. The number of rotatable bonds is 7. The number of nitrogens with zero attached hydrogens (tertiary/aromatic N) is 4. The summed E-state index contributed by atoms with van der Waals surface area (Å²) in [6.07, 6.45) is 1.80. The highest BCUT2D eigenvalue weighted by Crippen LogP contribution is 2.33. The summed E-state index contributed by atoms with van der Waals surface area (Å²) < 4.78 is 24.2. The molecular weight excluding hydrogens is 539 g/mol. The Labute approximate surface area is 234 Å². The van der Waals surface area contributed by atoms with Crippen LogP contribution in [0.2, 0.25) is 5.02 Å². The second-order valence-electron chi connectivity index (χ2n) is 9.95. The van der Waals surface area contributed by atoms with Gasteiger partial charge in [-0.3, -0.25) is 18.7 Å². The first-order valence-corrected chi connectivity index (χ1v) is 13.3. The minimum absolute atomic E-state index is 0.0434. The number of imidazole rings is 1. The molecule has 1 fully saturated rings. The molecule has 0 aliphatic carbocycles. The molecule has 3 heterocycles. The lowest BCUT2D eigenvalue weighted by Crippen LogP contribution is -2.41. The summed E-state index contributed by atoms with van der Waals surface area (Å²) in [6, 6.07) is 12.9. The molecule has 2 aromatic heterocycles. The molecule has 1 amide bonds. The third-order valence-electron chi connectivity index (χ3n) is 7.19. The van der Waals surface area contributed by atoms with Gasteiger partial charge in [0.05, 0.1) is 22.5 Å². The number of hydrogen-bond acceptors (Lipinski definition) is 5. The van der Waals surface area contributed by atoms with Crippen molar-refractivity contribution in [2.24, 2.45) is 7.05 Å². The van der Waals surface area contributed by atoms with Crippen LogP contribution in [0.25, 0.3) is 22.3 Å². The number of likely N-dealkylation sites (tertiary alicyclic amines) is 1. The van der Waals surface area contributed by atoms with E-state index in [1.54, 1.807) is 59.8 Å². The van der Waals surface area contributed by atoms with Crippen molar-refractivity contribution in [1.29, 1.82) is 0 Å². The molecule has 0 saturated carbocycles. The number of aryl methyl sites for hydroxylation is 1. The lowest BCUT2D eigenvalue weighted by molar-refractivity contribution is -0.138. The van der Waals surface area contributed by atoms with Crippen LogP contribution in [0.5, 0.6) is 5.75 Å². The predicted molar refractivity (Wildman–Crippen MR) is 148 cm³/mol. The monoisotopic (exact) mass is 566 g/mol. The highest BCUT2D eigenvalue weighted by molar-refractivity contribution is 6.31. The average Bonchev–Trinajstić information content (AvgIpc) is 3.17. The van der Waals surface area contributed by atoms with Crippen molar-refractivity contribution in [2.45, 2.75) is 38.3 Å². The molecule has 9 nitrogen and oxygen atoms in total. The first-order chi connectivity index (χ1) is 19.1. The fraction of sp³-hybridized carbons (Fsp3) is 0.310. The van der Waals surface area contributed by atoms with Gasteiger partial charge in [0, 0.05) is 37.9 Å². The summed E-state index contributed by atoms with van der Waals surface area (Å²) >= 11 is 6.13. The van der Waals surface area contributed by atoms with E-state index in [0.29, 0.717) is 59.0 Å². The van der Waals surface area contributed by atoms with E-state index < -0.39 is 23.8 Å². The van der Waals surface area contributed by atoms with Gasteiger partial charge in [-0.05, 0) is 49.6 Å². The van der Waals surface area contributed by atoms with Gasteiger partial charge in [-0.1, -0.05) is 35.9 Å². The Kier molecular flexibility index (Phi) is 7.62. The maximum atomic E-state index is 15.3. The van der Waals surface area contributed by atoms with Crippen LogP contribution in [0, 0.1) is 5.82 Å². The number of fused-ring (bicyclic) bond motifs is 1. The zero-order valence-corrected chi connectivity index (χ0v) is 22.8. The van der Waals surface area contributed by atoms with E-state index in [0.717, 1.165) is 0 Å². The Balaban J connectivity index is 1.32. The number of aliphatic carboxylic acids is 1. The Bertz CT molecular complexity index is 1660. The molecule has 1 aliphatic heterocycles. The molecule has 5 rings (SSSR count). The van der Waals surface area contributed by atoms with Crippen LogP contribution < -0.4 is 10.4 Å². The Morgan fingerprint density at radius 1 is 1.18 bits per heavy atom. The summed E-state index contributed by atoms with van der Waals surface area (Å²) in [5.74, 6) is -1.63. The minimum Gasteiger partial charge on any atom is -0.489 e. The van der Waals surface area contributed by atoms with Crippen LogP contribution in [-0.2, 0) is 11.8 Å². The minimum atomic E-state index is -0.978. The van der Waals surface area contributed by atoms with E-state index in [4.69, 9.17) is 21.4 Å². The van der Waals surface area contributed by atoms with Crippen LogP contribution >= 0.6 is 11.6 Å². The molecule has 1 aliphatic rings. The van der Waals surface area contributed by atoms with Crippen LogP contribution in [0.1, 0.15) is 42.6 Å². The second-order valence-corrected chi connectivity index (χ2v) is 10.4. The molecule has 0 bridgehead atoms. The maximum absolute atomic E-state index is 15.3. The largest absolute Gasteiger partial charge is 0.489 e. The molecule has 4 aromatic rings. The number of hydrogen-bond donors (Lipinski definition) is 1. The van der Waals surface area contributed by atoms with Gasteiger partial charge in [0.2, 0.25) is 0 Å². The fourth-order valence-electron chi connectivity index (χ4n) is 5.23. The van der Waals surface area contributed by atoms with Crippen LogP contribution in [0.3, 0.4) is 0 Å². The van der Waals surface area contributed by atoms with Crippen LogP contribution in [0.15, 0.2) is 59.5 Å². The lowest BCUT2D eigenvalue weighted by atomic mass is 10.0. The summed E-state index contributed by atoms with van der Waals surface area (Å²) in [6.45, 7) is 2.37. The predicted octanol–water partition coefficient (Wildman–Crippen LogP) is 4.91. The molecule has 0 radical (unpaired) electrons. The summed E-state index contributed by atoms with van der Waals surface area (Å²) in [5.41, 5.74) is 2.05. The van der Waals surface area contributed by atoms with E-state index in [9.17, 15) is 14.4 Å². The molecule has 2 aromatic carbocycles. The number of aromatic nitrogens is 3. The fourth-order valence-corrected chi connectivity index (χ4v) is 5.38. The number of para-hydroxylation sites is 1. The first kappa shape index (κ1) is 27.4. The summed E-state index contributed by atoms with van der Waals surface area (Å²) in [4.78, 5) is 43.1. The van der Waals surface area contributed by atoms with Crippen LogP contribution in [-0.4, -0.2) is 55.2 Å². The van der Waals surface area contributed by atoms with Crippen molar-refractivity contribution in [2.75, 3.05) is 13.1 Å². The number of piperidine rings is 1. The quantitative estimate of drug-likeness (QED) is 0.340. The van der Waals surface area contributed by atoms with Crippen molar-refractivity contribution >= 4 is 34.6 Å². The molecule has 11 heteroatoms. The molecular formula is C29H28ClFN4O5. The zero-order chi connectivity index (χ0) is 28.6. The first-order valence-electron chi connectivity index (χ1n) is 12.9. The molecule has 1 saturated heterocycles. The van der Waals surface area contributed by atoms with E-state index in [1.165, 1.54) is 22.9 Å². The highest BCUT2D eigenvalue weighted by atomic mass is 35.5. The summed E-state index contributed by atoms with van der Waals surface area (Å²) in [5, 5.41) is 9.46. The van der Waals surface area contributed by atoms with Gasteiger partial charge in [0.1, 0.15) is 17.7 Å². The van der Waals surface area contributed by atoms with Crippen molar-refractivity contribution in [3.05, 3.63) is 81.6 Å². The number of carboxylic acids is 1. The maximum Gasteiger partial charge on any atom is 0.330 e. The number of amides is 1. The smallest absolute Gasteiger partial charge is 0.330 e.